The van der Waals surface area contributed by atoms with Crippen LogP contribution in [-0.4, -0.2) is 61.2 Å². The number of hydrogen-bond acceptors (Lipinski definition) is 5. The van der Waals surface area contributed by atoms with Gasteiger partial charge in [0.05, 0.1) is 6.61 Å². The number of piperazine rings is 1. The van der Waals surface area contributed by atoms with E-state index in [1.807, 2.05) is 6.20 Å². The summed E-state index contributed by atoms with van der Waals surface area (Å²) in [5.74, 6) is 3.15. The quantitative estimate of drug-likeness (QED) is 0.843. The van der Waals surface area contributed by atoms with E-state index in [2.05, 4.69) is 22.0 Å². The zero-order valence-corrected chi connectivity index (χ0v) is 17.4. The molecule has 2 fully saturated rings. The van der Waals surface area contributed by atoms with Gasteiger partial charge < -0.3 is 15.0 Å². The molecule has 6 nitrogen and oxygen atoms in total. The lowest BCUT2D eigenvalue weighted by Gasteiger charge is -2.37. The van der Waals surface area contributed by atoms with Crippen LogP contribution in [0, 0.1) is 12.8 Å². The summed E-state index contributed by atoms with van der Waals surface area (Å²) in [4.78, 5) is 21.0. The van der Waals surface area contributed by atoms with Crippen LogP contribution in [0.15, 0.2) is 6.20 Å². The van der Waals surface area contributed by atoms with E-state index in [0.717, 1.165) is 75.1 Å². The fourth-order valence-electron chi connectivity index (χ4n) is 5.02. The highest BCUT2D eigenvalue weighted by Gasteiger charge is 2.27. The van der Waals surface area contributed by atoms with Crippen molar-refractivity contribution in [1.29, 1.82) is 0 Å². The average molecular weight is 387 g/mol. The number of carbonyl (C=O) groups is 1. The predicted octanol–water partition coefficient (Wildman–Crippen LogP) is 2.53. The number of nitrogens with zero attached hydrogens (tertiary/aromatic N) is 3. The van der Waals surface area contributed by atoms with Gasteiger partial charge in [-0.15, -0.1) is 0 Å². The van der Waals surface area contributed by atoms with Crippen molar-refractivity contribution >= 4 is 11.7 Å². The van der Waals surface area contributed by atoms with Gasteiger partial charge in [-0.2, -0.15) is 0 Å². The summed E-state index contributed by atoms with van der Waals surface area (Å²) in [5, 5.41) is 3.08. The highest BCUT2D eigenvalue weighted by atomic mass is 16.5. The molecule has 6 heteroatoms. The van der Waals surface area contributed by atoms with Crippen LogP contribution in [0.3, 0.4) is 0 Å². The van der Waals surface area contributed by atoms with Crippen LogP contribution in [0.1, 0.15) is 50.2 Å². The number of hydrogen-bond donors (Lipinski definition) is 1. The van der Waals surface area contributed by atoms with Crippen LogP contribution in [0.25, 0.3) is 0 Å². The monoisotopic (exact) mass is 386 g/mol. The summed E-state index contributed by atoms with van der Waals surface area (Å²) < 4.78 is 5.82. The standard InChI is InChI=1S/C22H34N4O2/c1-16-15-23-22(20-8-14-28-21(16)20)26-12-10-25(11-13-26)9-7-18-3-5-19(6-4-18)24-17(2)27/h15,18-19H,3-14H2,1-2H3,(H,24,27). The first-order valence-electron chi connectivity index (χ1n) is 11.0. The van der Waals surface area contributed by atoms with E-state index in [1.165, 1.54) is 31.4 Å². The van der Waals surface area contributed by atoms with Crippen molar-refractivity contribution in [3.63, 3.8) is 0 Å². The molecule has 4 rings (SSSR count). The highest BCUT2D eigenvalue weighted by Crippen LogP contribution is 2.35. The van der Waals surface area contributed by atoms with Crippen LogP contribution in [0.5, 0.6) is 5.75 Å². The first-order chi connectivity index (χ1) is 13.6. The Balaban J connectivity index is 1.22. The van der Waals surface area contributed by atoms with E-state index in [1.54, 1.807) is 6.92 Å². The topological polar surface area (TPSA) is 57.7 Å². The van der Waals surface area contributed by atoms with Crippen molar-refractivity contribution in [2.24, 2.45) is 5.92 Å². The summed E-state index contributed by atoms with van der Waals surface area (Å²) in [6, 6.07) is 0.407. The van der Waals surface area contributed by atoms with Crippen molar-refractivity contribution < 1.29 is 9.53 Å². The molecule has 3 heterocycles. The number of anilines is 1. The maximum atomic E-state index is 11.2. The Morgan fingerprint density at radius 2 is 1.96 bits per heavy atom. The average Bonchev–Trinajstić information content (AvgIpc) is 3.19. The highest BCUT2D eigenvalue weighted by molar-refractivity contribution is 5.73. The third-order valence-electron chi connectivity index (χ3n) is 6.66. The number of carbonyl (C=O) groups excluding carboxylic acids is 1. The minimum atomic E-state index is 0.113. The van der Waals surface area contributed by atoms with Crippen molar-refractivity contribution in [3.05, 3.63) is 17.3 Å². The lowest BCUT2D eigenvalue weighted by molar-refractivity contribution is -0.119. The van der Waals surface area contributed by atoms with Crippen molar-refractivity contribution in [1.82, 2.24) is 15.2 Å². The molecule has 0 aromatic carbocycles. The lowest BCUT2D eigenvalue weighted by Crippen LogP contribution is -2.47. The van der Waals surface area contributed by atoms with E-state index in [4.69, 9.17) is 9.72 Å². The molecule has 1 aliphatic carbocycles. The molecule has 1 saturated heterocycles. The molecule has 3 aliphatic rings. The molecule has 28 heavy (non-hydrogen) atoms. The first-order valence-corrected chi connectivity index (χ1v) is 11.0. The van der Waals surface area contributed by atoms with Gasteiger partial charge in [-0.1, -0.05) is 0 Å². The van der Waals surface area contributed by atoms with Crippen molar-refractivity contribution in [3.8, 4) is 5.75 Å². The summed E-state index contributed by atoms with van der Waals surface area (Å²) in [6.07, 6.45) is 9.03. The van der Waals surface area contributed by atoms with Crippen LogP contribution in [0.4, 0.5) is 5.82 Å². The molecule has 1 N–H and O–H groups in total. The number of nitrogens with one attached hydrogen (secondary N) is 1. The SMILES string of the molecule is CC(=O)NC1CCC(CCN2CCN(c3ncc(C)c4c3CCO4)CC2)CC1. The second kappa shape index (κ2) is 8.68. The first kappa shape index (κ1) is 19.5. The van der Waals surface area contributed by atoms with Crippen LogP contribution in [0.2, 0.25) is 0 Å². The Hall–Kier alpha value is -1.82. The second-order valence-corrected chi connectivity index (χ2v) is 8.71. The molecule has 0 radical (unpaired) electrons. The fourth-order valence-corrected chi connectivity index (χ4v) is 5.02. The van der Waals surface area contributed by atoms with Crippen molar-refractivity contribution in [2.45, 2.75) is 58.4 Å². The van der Waals surface area contributed by atoms with E-state index in [9.17, 15) is 4.79 Å². The third-order valence-corrected chi connectivity index (χ3v) is 6.66. The van der Waals surface area contributed by atoms with Gasteiger partial charge in [-0.05, 0) is 51.5 Å². The number of aromatic nitrogens is 1. The summed E-state index contributed by atoms with van der Waals surface area (Å²) in [5.41, 5.74) is 2.47. The zero-order chi connectivity index (χ0) is 19.5. The molecule has 1 aromatic rings. The number of rotatable bonds is 5. The normalized spacial score (nSPS) is 25.3. The van der Waals surface area contributed by atoms with E-state index >= 15 is 0 Å². The molecule has 1 aromatic heterocycles. The Kier molecular flexibility index (Phi) is 6.04. The molecule has 1 amide bonds. The maximum absolute atomic E-state index is 11.2. The van der Waals surface area contributed by atoms with E-state index < -0.39 is 0 Å². The summed E-state index contributed by atoms with van der Waals surface area (Å²) in [6.45, 7) is 10.0. The molecule has 0 unspecified atom stereocenters. The lowest BCUT2D eigenvalue weighted by atomic mass is 9.84. The van der Waals surface area contributed by atoms with E-state index in [0.29, 0.717) is 6.04 Å². The molecule has 0 atom stereocenters. The Morgan fingerprint density at radius 1 is 1.21 bits per heavy atom. The fraction of sp³-hybridized carbons (Fsp3) is 0.727. The molecule has 154 valence electrons. The number of ether oxygens (including phenoxy) is 1. The van der Waals surface area contributed by atoms with Crippen LogP contribution < -0.4 is 15.0 Å². The van der Waals surface area contributed by atoms with Gasteiger partial charge in [0.2, 0.25) is 5.91 Å². The number of pyridine rings is 1. The molecule has 0 bridgehead atoms. The van der Waals surface area contributed by atoms with Crippen LogP contribution in [-0.2, 0) is 11.2 Å². The molecule has 2 aliphatic heterocycles. The molecular weight excluding hydrogens is 352 g/mol. The molecular formula is C22H34N4O2. The maximum Gasteiger partial charge on any atom is 0.217 e. The van der Waals surface area contributed by atoms with Gasteiger partial charge in [0.25, 0.3) is 0 Å². The van der Waals surface area contributed by atoms with Gasteiger partial charge >= 0.3 is 0 Å². The Morgan fingerprint density at radius 3 is 2.68 bits per heavy atom. The largest absolute Gasteiger partial charge is 0.492 e. The number of amides is 1. The predicted molar refractivity (Wildman–Crippen MR) is 111 cm³/mol. The third kappa shape index (κ3) is 4.43. The Bertz CT molecular complexity index is 692. The Labute approximate surface area is 168 Å². The van der Waals surface area contributed by atoms with Gasteiger partial charge in [-0.3, -0.25) is 9.69 Å². The zero-order valence-electron chi connectivity index (χ0n) is 17.4. The summed E-state index contributed by atoms with van der Waals surface area (Å²) in [7, 11) is 0. The van der Waals surface area contributed by atoms with Crippen LogP contribution >= 0.6 is 0 Å². The van der Waals surface area contributed by atoms with Gasteiger partial charge in [0, 0.05) is 62.9 Å². The molecule has 1 saturated carbocycles. The number of fused-ring (bicyclic) bond motifs is 1. The van der Waals surface area contributed by atoms with Gasteiger partial charge in [0.15, 0.2) is 0 Å². The molecule has 0 spiro atoms. The second-order valence-electron chi connectivity index (χ2n) is 8.71. The number of aryl methyl sites for hydroxylation is 1. The summed E-state index contributed by atoms with van der Waals surface area (Å²) >= 11 is 0. The van der Waals surface area contributed by atoms with E-state index in [-0.39, 0.29) is 5.91 Å². The van der Waals surface area contributed by atoms with Gasteiger partial charge in [-0.25, -0.2) is 4.98 Å². The van der Waals surface area contributed by atoms with Gasteiger partial charge in [0.1, 0.15) is 11.6 Å². The minimum absolute atomic E-state index is 0.113. The minimum Gasteiger partial charge on any atom is -0.492 e. The van der Waals surface area contributed by atoms with Crippen molar-refractivity contribution in [2.75, 3.05) is 44.2 Å². The smallest absolute Gasteiger partial charge is 0.217 e.